The summed E-state index contributed by atoms with van der Waals surface area (Å²) in [4.78, 5) is 34.1. The first-order valence-corrected chi connectivity index (χ1v) is 11.0. The fraction of sp³-hybridized carbons (Fsp3) is 0.269. The molecule has 1 aromatic heterocycles. The zero-order valence-corrected chi connectivity index (χ0v) is 18.5. The van der Waals surface area contributed by atoms with Crippen LogP contribution in [0.15, 0.2) is 73.8 Å². The number of likely N-dealkylation sites (tertiary alicyclic amines) is 1. The molecule has 0 radical (unpaired) electrons. The van der Waals surface area contributed by atoms with E-state index in [9.17, 15) is 14.0 Å². The van der Waals surface area contributed by atoms with Crippen LogP contribution in [0.5, 0.6) is 0 Å². The lowest BCUT2D eigenvalue weighted by molar-refractivity contribution is -0.130. The summed E-state index contributed by atoms with van der Waals surface area (Å²) in [7, 11) is 0. The van der Waals surface area contributed by atoms with Gasteiger partial charge in [0, 0.05) is 38.5 Å². The Labute approximate surface area is 192 Å². The van der Waals surface area contributed by atoms with Gasteiger partial charge in [0.25, 0.3) is 0 Å². The number of para-hydroxylation sites is 2. The molecule has 0 spiro atoms. The first-order valence-electron chi connectivity index (χ1n) is 11.0. The molecule has 0 unspecified atom stereocenters. The Morgan fingerprint density at radius 3 is 2.52 bits per heavy atom. The highest BCUT2D eigenvalue weighted by Gasteiger charge is 2.34. The third-order valence-corrected chi connectivity index (χ3v) is 5.90. The lowest BCUT2D eigenvalue weighted by Crippen LogP contribution is -2.34. The van der Waals surface area contributed by atoms with Crippen LogP contribution in [0.3, 0.4) is 0 Å². The highest BCUT2D eigenvalue weighted by molar-refractivity contribution is 5.83. The zero-order valence-electron chi connectivity index (χ0n) is 18.5. The van der Waals surface area contributed by atoms with E-state index in [1.807, 2.05) is 28.8 Å². The molecule has 1 fully saturated rings. The third kappa shape index (κ3) is 4.87. The molecule has 170 valence electrons. The average molecular weight is 447 g/mol. The second-order valence-electron chi connectivity index (χ2n) is 8.22. The molecule has 33 heavy (non-hydrogen) atoms. The minimum atomic E-state index is -0.301. The highest BCUT2D eigenvalue weighted by atomic mass is 19.1. The van der Waals surface area contributed by atoms with Crippen molar-refractivity contribution in [2.75, 3.05) is 19.6 Å². The first-order chi connectivity index (χ1) is 16.0. The highest BCUT2D eigenvalue weighted by Crippen LogP contribution is 2.31. The molecule has 1 aliphatic heterocycles. The normalized spacial score (nSPS) is 15.7. The number of fused-ring (bicyclic) bond motifs is 1. The summed E-state index contributed by atoms with van der Waals surface area (Å²) in [5.41, 5.74) is 2.53. The Bertz CT molecular complexity index is 1170. The maximum absolute atomic E-state index is 13.2. The van der Waals surface area contributed by atoms with Crippen LogP contribution in [0.1, 0.15) is 23.7 Å². The van der Waals surface area contributed by atoms with Gasteiger partial charge in [0.1, 0.15) is 18.2 Å². The van der Waals surface area contributed by atoms with E-state index in [0.29, 0.717) is 32.6 Å². The van der Waals surface area contributed by atoms with Gasteiger partial charge >= 0.3 is 0 Å². The third-order valence-electron chi connectivity index (χ3n) is 5.90. The molecule has 0 aliphatic carbocycles. The number of halogens is 1. The maximum Gasteiger partial charge on any atom is 0.243 e. The second-order valence-corrected chi connectivity index (χ2v) is 8.22. The van der Waals surface area contributed by atoms with Crippen molar-refractivity contribution in [2.24, 2.45) is 0 Å². The lowest BCUT2D eigenvalue weighted by atomic mass is 10.1. The van der Waals surface area contributed by atoms with E-state index < -0.39 is 0 Å². The van der Waals surface area contributed by atoms with Gasteiger partial charge in [-0.2, -0.15) is 0 Å². The fourth-order valence-corrected chi connectivity index (χ4v) is 4.31. The summed E-state index contributed by atoms with van der Waals surface area (Å²) in [6, 6.07) is 13.9. The molecule has 0 N–H and O–H groups in total. The predicted octanol–water partition coefficient (Wildman–Crippen LogP) is 3.89. The van der Waals surface area contributed by atoms with Gasteiger partial charge in [-0.15, -0.1) is 13.2 Å². The van der Waals surface area contributed by atoms with Crippen molar-refractivity contribution in [3.63, 3.8) is 0 Å². The Hall–Kier alpha value is -3.74. The summed E-state index contributed by atoms with van der Waals surface area (Å²) in [6.07, 6.45) is 3.70. The monoisotopic (exact) mass is 446 g/mol. The Morgan fingerprint density at radius 1 is 1.12 bits per heavy atom. The summed E-state index contributed by atoms with van der Waals surface area (Å²) in [5.74, 6) is 0.257. The van der Waals surface area contributed by atoms with E-state index in [4.69, 9.17) is 4.98 Å². The molecule has 1 saturated heterocycles. The van der Waals surface area contributed by atoms with E-state index in [2.05, 4.69) is 13.2 Å². The number of carbonyl (C=O) groups excluding carboxylic acids is 2. The fourth-order valence-electron chi connectivity index (χ4n) is 4.31. The maximum atomic E-state index is 13.2. The van der Waals surface area contributed by atoms with Crippen LogP contribution in [-0.4, -0.2) is 50.8 Å². The van der Waals surface area contributed by atoms with Crippen molar-refractivity contribution in [1.29, 1.82) is 0 Å². The number of rotatable bonds is 9. The van der Waals surface area contributed by atoms with Gasteiger partial charge in [0.2, 0.25) is 11.8 Å². The van der Waals surface area contributed by atoms with E-state index in [1.54, 1.807) is 34.1 Å². The van der Waals surface area contributed by atoms with Gasteiger partial charge in [0.05, 0.1) is 11.0 Å². The molecule has 2 aromatic carbocycles. The van der Waals surface area contributed by atoms with Crippen LogP contribution < -0.4 is 0 Å². The second kappa shape index (κ2) is 9.81. The Balaban J connectivity index is 1.60. The SMILES string of the molecule is C=CCN(CC=C)C(=O)Cn1c([C@@H]2CC(=O)N(Cc3ccc(F)cc3)C2)nc2ccccc21. The molecule has 4 rings (SSSR count). The summed E-state index contributed by atoms with van der Waals surface area (Å²) in [6.45, 7) is 9.38. The molecule has 7 heteroatoms. The molecule has 2 amide bonds. The minimum absolute atomic E-state index is 0.0224. The summed E-state index contributed by atoms with van der Waals surface area (Å²) >= 11 is 0. The first kappa shape index (κ1) is 22.5. The van der Waals surface area contributed by atoms with Crippen LogP contribution >= 0.6 is 0 Å². The number of carbonyl (C=O) groups is 2. The number of hydrogen-bond acceptors (Lipinski definition) is 3. The van der Waals surface area contributed by atoms with Crippen LogP contribution in [0, 0.1) is 5.82 Å². The number of amides is 2. The Morgan fingerprint density at radius 2 is 1.82 bits per heavy atom. The molecule has 1 atom stereocenters. The minimum Gasteiger partial charge on any atom is -0.338 e. The van der Waals surface area contributed by atoms with Crippen LogP contribution in [-0.2, 0) is 22.7 Å². The van der Waals surface area contributed by atoms with Crippen molar-refractivity contribution in [2.45, 2.75) is 25.4 Å². The van der Waals surface area contributed by atoms with Gasteiger partial charge < -0.3 is 14.4 Å². The van der Waals surface area contributed by atoms with Crippen molar-refractivity contribution < 1.29 is 14.0 Å². The Kier molecular flexibility index (Phi) is 6.68. The number of hydrogen-bond donors (Lipinski definition) is 0. The molecular weight excluding hydrogens is 419 g/mol. The molecule has 1 aliphatic rings. The lowest BCUT2D eigenvalue weighted by Gasteiger charge is -2.21. The number of imidazole rings is 1. The van der Waals surface area contributed by atoms with Crippen molar-refractivity contribution >= 4 is 22.8 Å². The predicted molar refractivity (Wildman–Crippen MR) is 126 cm³/mol. The summed E-state index contributed by atoms with van der Waals surface area (Å²) < 4.78 is 15.2. The van der Waals surface area contributed by atoms with E-state index in [-0.39, 0.29) is 30.1 Å². The van der Waals surface area contributed by atoms with E-state index >= 15 is 0 Å². The van der Waals surface area contributed by atoms with Crippen molar-refractivity contribution in [1.82, 2.24) is 19.4 Å². The van der Waals surface area contributed by atoms with Crippen LogP contribution in [0.2, 0.25) is 0 Å². The van der Waals surface area contributed by atoms with Crippen LogP contribution in [0.25, 0.3) is 11.0 Å². The van der Waals surface area contributed by atoms with Crippen molar-refractivity contribution in [3.8, 4) is 0 Å². The molecule has 6 nitrogen and oxygen atoms in total. The largest absolute Gasteiger partial charge is 0.338 e. The summed E-state index contributed by atoms with van der Waals surface area (Å²) in [5, 5.41) is 0. The topological polar surface area (TPSA) is 58.4 Å². The van der Waals surface area contributed by atoms with Gasteiger partial charge in [-0.05, 0) is 29.8 Å². The average Bonchev–Trinajstić information content (AvgIpc) is 3.35. The molecule has 0 bridgehead atoms. The van der Waals surface area contributed by atoms with Gasteiger partial charge in [0.15, 0.2) is 0 Å². The molecule has 0 saturated carbocycles. The van der Waals surface area contributed by atoms with E-state index in [1.165, 1.54) is 12.1 Å². The van der Waals surface area contributed by atoms with E-state index in [0.717, 1.165) is 22.4 Å². The number of nitrogens with zero attached hydrogens (tertiary/aromatic N) is 4. The van der Waals surface area contributed by atoms with Gasteiger partial charge in [-0.25, -0.2) is 9.37 Å². The standard InChI is InChI=1S/C26H27FN4O2/c1-3-13-29(14-4-2)25(33)18-31-23-8-6-5-7-22(23)28-26(31)20-15-24(32)30(17-20)16-19-9-11-21(27)12-10-19/h3-12,20H,1-2,13-18H2/t20-/m1/s1. The quantitative estimate of drug-likeness (QED) is 0.469. The van der Waals surface area contributed by atoms with Crippen LogP contribution in [0.4, 0.5) is 4.39 Å². The molecule has 3 aromatic rings. The van der Waals surface area contributed by atoms with Gasteiger partial charge in [-0.3, -0.25) is 9.59 Å². The molecular formula is C26H27FN4O2. The van der Waals surface area contributed by atoms with Crippen molar-refractivity contribution in [3.05, 3.63) is 91.0 Å². The van der Waals surface area contributed by atoms with Gasteiger partial charge in [-0.1, -0.05) is 36.4 Å². The number of benzene rings is 2. The molecule has 2 heterocycles. The zero-order chi connectivity index (χ0) is 23.4. The number of aromatic nitrogens is 2. The smallest absolute Gasteiger partial charge is 0.243 e.